The van der Waals surface area contributed by atoms with Gasteiger partial charge in [-0.2, -0.15) is 0 Å². The smallest absolute Gasteiger partial charge is 0.232 e. The quantitative estimate of drug-likeness (QED) is 0.774. The fraction of sp³-hybridized carbons (Fsp3) is 0.0667. The van der Waals surface area contributed by atoms with Gasteiger partial charge in [-0.15, -0.1) is 0 Å². The fourth-order valence-corrected chi connectivity index (χ4v) is 2.29. The van der Waals surface area contributed by atoms with Gasteiger partial charge in [0, 0.05) is 11.8 Å². The van der Waals surface area contributed by atoms with Crippen molar-refractivity contribution in [2.24, 2.45) is 0 Å². The number of pyridine rings is 1. The van der Waals surface area contributed by atoms with Gasteiger partial charge in [-0.25, -0.2) is 0 Å². The van der Waals surface area contributed by atoms with E-state index in [1.165, 1.54) is 0 Å². The molecule has 0 atom stereocenters. The summed E-state index contributed by atoms with van der Waals surface area (Å²) in [6, 6.07) is 11.3. The van der Waals surface area contributed by atoms with Crippen LogP contribution < -0.4 is 5.73 Å². The number of hydrogen-bond acceptors (Lipinski definition) is 4. The molecule has 0 aliphatic heterocycles. The van der Waals surface area contributed by atoms with Crippen molar-refractivity contribution in [2.75, 3.05) is 5.73 Å². The van der Waals surface area contributed by atoms with Gasteiger partial charge in [-0.1, -0.05) is 41.0 Å². The normalized spacial score (nSPS) is 10.7. The van der Waals surface area contributed by atoms with E-state index in [9.17, 15) is 0 Å². The molecule has 0 aliphatic carbocycles. The number of aryl methyl sites for hydroxylation is 1. The summed E-state index contributed by atoms with van der Waals surface area (Å²) in [4.78, 5) is 4.30. The minimum Gasteiger partial charge on any atom is -0.367 e. The van der Waals surface area contributed by atoms with E-state index in [-0.39, 0.29) is 5.88 Å². The minimum atomic E-state index is 0.233. The molecular weight excluding hydrogens is 274 g/mol. The molecule has 2 N–H and O–H groups in total. The molecule has 1 aromatic carbocycles. The van der Waals surface area contributed by atoms with Crippen LogP contribution in [-0.4, -0.2) is 10.1 Å². The number of halogens is 1. The SMILES string of the molecule is Cc1cccc(-c2noc(N)c2-c2ccccn2)c1Cl. The van der Waals surface area contributed by atoms with E-state index in [0.717, 1.165) is 11.1 Å². The van der Waals surface area contributed by atoms with Gasteiger partial charge in [-0.05, 0) is 24.6 Å². The first-order valence-electron chi connectivity index (χ1n) is 6.10. The van der Waals surface area contributed by atoms with Crippen LogP contribution in [0, 0.1) is 6.92 Å². The Hall–Kier alpha value is -2.33. The molecule has 3 aromatic rings. The summed E-state index contributed by atoms with van der Waals surface area (Å²) in [6.07, 6.45) is 1.70. The molecule has 0 radical (unpaired) electrons. The van der Waals surface area contributed by atoms with Crippen LogP contribution in [0.2, 0.25) is 5.02 Å². The average molecular weight is 286 g/mol. The molecule has 5 heteroatoms. The van der Waals surface area contributed by atoms with Crippen molar-refractivity contribution >= 4 is 17.5 Å². The van der Waals surface area contributed by atoms with Crippen molar-refractivity contribution in [1.82, 2.24) is 10.1 Å². The maximum atomic E-state index is 6.35. The van der Waals surface area contributed by atoms with E-state index in [1.807, 2.05) is 43.3 Å². The number of anilines is 1. The molecule has 0 amide bonds. The Labute approximate surface area is 121 Å². The van der Waals surface area contributed by atoms with Gasteiger partial charge in [-0.3, -0.25) is 4.98 Å². The Morgan fingerprint density at radius 2 is 2.00 bits per heavy atom. The van der Waals surface area contributed by atoms with Crippen LogP contribution in [-0.2, 0) is 0 Å². The topological polar surface area (TPSA) is 64.9 Å². The van der Waals surface area contributed by atoms with E-state index in [0.29, 0.717) is 22.0 Å². The zero-order valence-electron chi connectivity index (χ0n) is 10.8. The Morgan fingerprint density at radius 1 is 1.15 bits per heavy atom. The fourth-order valence-electron chi connectivity index (χ4n) is 2.08. The highest BCUT2D eigenvalue weighted by Gasteiger charge is 2.20. The molecule has 0 bridgehead atoms. The standard InChI is InChI=1S/C15H12ClN3O/c1-9-5-4-6-10(13(9)16)14-12(15(17)20-19-14)11-7-2-3-8-18-11/h2-8H,17H2,1H3. The zero-order chi connectivity index (χ0) is 14.1. The van der Waals surface area contributed by atoms with E-state index < -0.39 is 0 Å². The highest BCUT2D eigenvalue weighted by Crippen LogP contribution is 2.38. The van der Waals surface area contributed by atoms with Crippen molar-refractivity contribution in [1.29, 1.82) is 0 Å². The predicted octanol–water partition coefficient (Wildman–Crippen LogP) is 3.95. The Bertz CT molecular complexity index is 753. The van der Waals surface area contributed by atoms with Crippen LogP contribution in [0.25, 0.3) is 22.5 Å². The Morgan fingerprint density at radius 3 is 2.75 bits per heavy atom. The van der Waals surface area contributed by atoms with Crippen LogP contribution in [0.4, 0.5) is 5.88 Å². The molecule has 2 aromatic heterocycles. The number of nitrogen functional groups attached to an aromatic ring is 1. The van der Waals surface area contributed by atoms with Crippen LogP contribution in [0.5, 0.6) is 0 Å². The highest BCUT2D eigenvalue weighted by molar-refractivity contribution is 6.34. The third-order valence-corrected chi connectivity index (χ3v) is 3.59. The van der Waals surface area contributed by atoms with E-state index in [1.54, 1.807) is 6.20 Å². The van der Waals surface area contributed by atoms with E-state index in [2.05, 4.69) is 10.1 Å². The number of rotatable bonds is 2. The molecule has 20 heavy (non-hydrogen) atoms. The zero-order valence-corrected chi connectivity index (χ0v) is 11.6. The second kappa shape index (κ2) is 4.98. The lowest BCUT2D eigenvalue weighted by molar-refractivity contribution is 0.439. The monoisotopic (exact) mass is 285 g/mol. The largest absolute Gasteiger partial charge is 0.367 e. The second-order valence-corrected chi connectivity index (χ2v) is 4.80. The van der Waals surface area contributed by atoms with Gasteiger partial charge in [0.15, 0.2) is 0 Å². The van der Waals surface area contributed by atoms with Gasteiger partial charge < -0.3 is 10.3 Å². The van der Waals surface area contributed by atoms with Gasteiger partial charge in [0.05, 0.1) is 16.3 Å². The molecule has 0 spiro atoms. The van der Waals surface area contributed by atoms with Crippen LogP contribution in [0.15, 0.2) is 47.1 Å². The molecular formula is C15H12ClN3O. The summed E-state index contributed by atoms with van der Waals surface area (Å²) in [5, 5.41) is 4.68. The summed E-state index contributed by atoms with van der Waals surface area (Å²) < 4.78 is 5.13. The van der Waals surface area contributed by atoms with Crippen molar-refractivity contribution in [3.8, 4) is 22.5 Å². The molecule has 0 unspecified atom stereocenters. The number of aromatic nitrogens is 2. The number of nitrogens with zero attached hydrogens (tertiary/aromatic N) is 2. The highest BCUT2D eigenvalue weighted by atomic mass is 35.5. The first kappa shape index (κ1) is 12.7. The molecule has 0 saturated heterocycles. The van der Waals surface area contributed by atoms with Crippen LogP contribution in [0.1, 0.15) is 5.56 Å². The van der Waals surface area contributed by atoms with Crippen LogP contribution in [0.3, 0.4) is 0 Å². The number of hydrogen-bond donors (Lipinski definition) is 1. The summed E-state index contributed by atoms with van der Waals surface area (Å²) in [6.45, 7) is 1.94. The minimum absolute atomic E-state index is 0.233. The third-order valence-electron chi connectivity index (χ3n) is 3.09. The first-order valence-corrected chi connectivity index (χ1v) is 6.48. The summed E-state index contributed by atoms with van der Waals surface area (Å²) in [5.74, 6) is 0.233. The molecule has 3 rings (SSSR count). The lowest BCUT2D eigenvalue weighted by Gasteiger charge is -2.06. The summed E-state index contributed by atoms with van der Waals surface area (Å²) >= 11 is 6.35. The molecule has 100 valence electrons. The maximum absolute atomic E-state index is 6.35. The van der Waals surface area contributed by atoms with Crippen molar-refractivity contribution in [3.63, 3.8) is 0 Å². The second-order valence-electron chi connectivity index (χ2n) is 4.42. The van der Waals surface area contributed by atoms with Gasteiger partial charge in [0.1, 0.15) is 5.69 Å². The lowest BCUT2D eigenvalue weighted by Crippen LogP contribution is -1.91. The number of benzene rings is 1. The Kier molecular flexibility index (Phi) is 3.16. The van der Waals surface area contributed by atoms with E-state index in [4.69, 9.17) is 21.9 Å². The first-order chi connectivity index (χ1) is 9.68. The van der Waals surface area contributed by atoms with Gasteiger partial charge in [0.2, 0.25) is 5.88 Å². The molecule has 0 aliphatic rings. The van der Waals surface area contributed by atoms with Crippen LogP contribution >= 0.6 is 11.6 Å². The lowest BCUT2D eigenvalue weighted by atomic mass is 10.0. The summed E-state index contributed by atoms with van der Waals surface area (Å²) in [7, 11) is 0. The van der Waals surface area contributed by atoms with E-state index >= 15 is 0 Å². The van der Waals surface area contributed by atoms with Crippen molar-refractivity contribution in [2.45, 2.75) is 6.92 Å². The summed E-state index contributed by atoms with van der Waals surface area (Å²) in [5.41, 5.74) is 9.62. The average Bonchev–Trinajstić information content (AvgIpc) is 2.84. The molecule has 0 saturated carbocycles. The predicted molar refractivity (Wildman–Crippen MR) is 79.3 cm³/mol. The molecule has 0 fully saturated rings. The third kappa shape index (κ3) is 2.04. The number of nitrogens with two attached hydrogens (primary N) is 1. The van der Waals surface area contributed by atoms with Gasteiger partial charge in [0.25, 0.3) is 0 Å². The van der Waals surface area contributed by atoms with Crippen molar-refractivity contribution < 1.29 is 4.52 Å². The maximum Gasteiger partial charge on any atom is 0.232 e. The van der Waals surface area contributed by atoms with Crippen molar-refractivity contribution in [3.05, 3.63) is 53.2 Å². The van der Waals surface area contributed by atoms with Gasteiger partial charge >= 0.3 is 0 Å². The molecule has 2 heterocycles. The Balaban J connectivity index is 2.24. The molecule has 4 nitrogen and oxygen atoms in total.